The van der Waals surface area contributed by atoms with Crippen molar-refractivity contribution in [2.75, 3.05) is 17.6 Å². The van der Waals surface area contributed by atoms with Crippen molar-refractivity contribution < 1.29 is 4.79 Å². The number of primary amides is 1. The smallest absolute Gasteiger partial charge is 0.250 e. The van der Waals surface area contributed by atoms with E-state index >= 15 is 0 Å². The number of anilines is 2. The summed E-state index contributed by atoms with van der Waals surface area (Å²) in [5.41, 5.74) is 13.6. The molecule has 19 heavy (non-hydrogen) atoms. The number of carbonyl (C=O) groups is 1. The number of aryl methyl sites for hydroxylation is 1. The Balaban J connectivity index is 1.96. The van der Waals surface area contributed by atoms with Crippen LogP contribution < -0.4 is 16.8 Å². The van der Waals surface area contributed by atoms with Crippen LogP contribution in [0.1, 0.15) is 21.1 Å². The first-order valence-corrected chi connectivity index (χ1v) is 6.78. The van der Waals surface area contributed by atoms with E-state index < -0.39 is 5.91 Å². The standard InChI is InChI=1S/C13H16N4OS/c1-8-17-10(7-19-8)4-5-16-9-2-3-12(14)11(6-9)13(15)18/h2-3,6-7,16H,4-5,14H2,1H3,(H2,15,18). The van der Waals surface area contributed by atoms with Crippen molar-refractivity contribution in [2.24, 2.45) is 5.73 Å². The van der Waals surface area contributed by atoms with E-state index in [1.807, 2.05) is 13.0 Å². The molecule has 5 nitrogen and oxygen atoms in total. The van der Waals surface area contributed by atoms with Gasteiger partial charge in [0, 0.05) is 29.7 Å². The van der Waals surface area contributed by atoms with Crippen molar-refractivity contribution >= 4 is 28.6 Å². The third-order valence-corrected chi connectivity index (χ3v) is 3.52. The van der Waals surface area contributed by atoms with Crippen molar-refractivity contribution in [3.8, 4) is 0 Å². The molecule has 0 spiro atoms. The van der Waals surface area contributed by atoms with E-state index in [0.29, 0.717) is 11.3 Å². The van der Waals surface area contributed by atoms with Crippen LogP contribution in [-0.4, -0.2) is 17.4 Å². The van der Waals surface area contributed by atoms with Crippen LogP contribution in [0.15, 0.2) is 23.6 Å². The number of nitrogen functional groups attached to an aromatic ring is 1. The Labute approximate surface area is 115 Å². The normalized spacial score (nSPS) is 10.4. The molecule has 2 aromatic rings. The molecule has 0 unspecified atom stereocenters. The second-order valence-corrected chi connectivity index (χ2v) is 5.26. The van der Waals surface area contributed by atoms with Crippen LogP contribution >= 0.6 is 11.3 Å². The molecule has 5 N–H and O–H groups in total. The number of aromatic nitrogens is 1. The number of nitrogens with one attached hydrogen (secondary N) is 1. The van der Waals surface area contributed by atoms with Gasteiger partial charge in [-0.3, -0.25) is 4.79 Å². The largest absolute Gasteiger partial charge is 0.398 e. The zero-order valence-electron chi connectivity index (χ0n) is 10.6. The van der Waals surface area contributed by atoms with Gasteiger partial charge in [-0.2, -0.15) is 0 Å². The maximum atomic E-state index is 11.2. The molecule has 2 rings (SSSR count). The summed E-state index contributed by atoms with van der Waals surface area (Å²) in [6, 6.07) is 5.17. The average Bonchev–Trinajstić information content (AvgIpc) is 2.77. The Morgan fingerprint density at radius 2 is 2.26 bits per heavy atom. The minimum Gasteiger partial charge on any atom is -0.398 e. The fourth-order valence-electron chi connectivity index (χ4n) is 1.74. The lowest BCUT2D eigenvalue weighted by atomic mass is 10.1. The Morgan fingerprint density at radius 3 is 2.89 bits per heavy atom. The van der Waals surface area contributed by atoms with E-state index in [4.69, 9.17) is 11.5 Å². The van der Waals surface area contributed by atoms with E-state index in [0.717, 1.165) is 29.4 Å². The zero-order chi connectivity index (χ0) is 13.8. The van der Waals surface area contributed by atoms with Crippen molar-refractivity contribution in [1.82, 2.24) is 4.98 Å². The highest BCUT2D eigenvalue weighted by Crippen LogP contribution is 2.17. The summed E-state index contributed by atoms with van der Waals surface area (Å²) in [5, 5.41) is 6.34. The summed E-state index contributed by atoms with van der Waals surface area (Å²) < 4.78 is 0. The molecular weight excluding hydrogens is 260 g/mol. The molecule has 100 valence electrons. The van der Waals surface area contributed by atoms with Gasteiger partial charge in [-0.1, -0.05) is 0 Å². The number of benzene rings is 1. The van der Waals surface area contributed by atoms with Gasteiger partial charge in [0.15, 0.2) is 0 Å². The lowest BCUT2D eigenvalue weighted by Gasteiger charge is -2.08. The van der Waals surface area contributed by atoms with Gasteiger partial charge >= 0.3 is 0 Å². The van der Waals surface area contributed by atoms with Gasteiger partial charge in [0.1, 0.15) is 0 Å². The molecule has 1 aromatic heterocycles. The molecule has 1 heterocycles. The van der Waals surface area contributed by atoms with Gasteiger partial charge in [-0.05, 0) is 25.1 Å². The molecule has 0 bridgehead atoms. The summed E-state index contributed by atoms with van der Waals surface area (Å²) in [7, 11) is 0. The topological polar surface area (TPSA) is 94.0 Å². The third-order valence-electron chi connectivity index (χ3n) is 2.70. The SMILES string of the molecule is Cc1nc(CCNc2ccc(N)c(C(N)=O)c2)cs1. The van der Waals surface area contributed by atoms with E-state index in [2.05, 4.69) is 15.7 Å². The molecule has 0 atom stereocenters. The number of hydrogen-bond donors (Lipinski definition) is 3. The highest BCUT2D eigenvalue weighted by molar-refractivity contribution is 7.09. The van der Waals surface area contributed by atoms with Crippen molar-refractivity contribution in [3.05, 3.63) is 39.8 Å². The first-order valence-electron chi connectivity index (χ1n) is 5.90. The van der Waals surface area contributed by atoms with E-state index in [1.54, 1.807) is 23.5 Å². The first-order chi connectivity index (χ1) is 9.06. The number of rotatable bonds is 5. The van der Waals surface area contributed by atoms with Crippen molar-refractivity contribution in [1.29, 1.82) is 0 Å². The van der Waals surface area contributed by atoms with E-state index in [9.17, 15) is 4.79 Å². The summed E-state index contributed by atoms with van der Waals surface area (Å²) in [4.78, 5) is 15.6. The molecule has 6 heteroatoms. The molecule has 0 fully saturated rings. The Morgan fingerprint density at radius 1 is 1.47 bits per heavy atom. The van der Waals surface area contributed by atoms with Crippen LogP contribution in [0.2, 0.25) is 0 Å². The first kappa shape index (κ1) is 13.4. The van der Waals surface area contributed by atoms with Gasteiger partial charge in [-0.15, -0.1) is 11.3 Å². The number of nitrogens with zero attached hydrogens (tertiary/aromatic N) is 1. The van der Waals surface area contributed by atoms with Gasteiger partial charge in [0.25, 0.3) is 5.91 Å². The summed E-state index contributed by atoms with van der Waals surface area (Å²) in [6.07, 6.45) is 0.834. The molecule has 0 saturated heterocycles. The monoisotopic (exact) mass is 276 g/mol. The zero-order valence-corrected chi connectivity index (χ0v) is 11.5. The number of nitrogens with two attached hydrogens (primary N) is 2. The Bertz CT molecular complexity index is 594. The molecule has 0 aliphatic rings. The molecule has 1 aromatic carbocycles. The average molecular weight is 276 g/mol. The lowest BCUT2D eigenvalue weighted by molar-refractivity contribution is 0.100. The minimum atomic E-state index is -0.517. The second-order valence-electron chi connectivity index (χ2n) is 4.20. The maximum absolute atomic E-state index is 11.2. The van der Waals surface area contributed by atoms with Crippen LogP contribution in [-0.2, 0) is 6.42 Å². The fraction of sp³-hybridized carbons (Fsp3) is 0.231. The maximum Gasteiger partial charge on any atom is 0.250 e. The summed E-state index contributed by atoms with van der Waals surface area (Å²) >= 11 is 1.64. The predicted molar refractivity (Wildman–Crippen MR) is 78.4 cm³/mol. The van der Waals surface area contributed by atoms with Crippen LogP contribution in [0.5, 0.6) is 0 Å². The molecule has 0 aliphatic heterocycles. The molecule has 1 amide bonds. The fourth-order valence-corrected chi connectivity index (χ4v) is 2.38. The second kappa shape index (κ2) is 5.71. The lowest BCUT2D eigenvalue weighted by Crippen LogP contribution is -2.14. The number of hydrogen-bond acceptors (Lipinski definition) is 5. The predicted octanol–water partition coefficient (Wildman–Crippen LogP) is 1.79. The van der Waals surface area contributed by atoms with Gasteiger partial charge in [0.2, 0.25) is 0 Å². The summed E-state index contributed by atoms with van der Waals surface area (Å²) in [6.45, 7) is 2.73. The quantitative estimate of drug-likeness (QED) is 0.726. The summed E-state index contributed by atoms with van der Waals surface area (Å²) in [5.74, 6) is -0.517. The molecule has 0 saturated carbocycles. The van der Waals surface area contributed by atoms with Crippen LogP contribution in [0.4, 0.5) is 11.4 Å². The van der Waals surface area contributed by atoms with Gasteiger partial charge in [-0.25, -0.2) is 4.98 Å². The Kier molecular flexibility index (Phi) is 4.01. The number of amides is 1. The third kappa shape index (κ3) is 3.45. The van der Waals surface area contributed by atoms with Gasteiger partial charge < -0.3 is 16.8 Å². The van der Waals surface area contributed by atoms with Crippen LogP contribution in [0.25, 0.3) is 0 Å². The van der Waals surface area contributed by atoms with Crippen LogP contribution in [0, 0.1) is 6.92 Å². The molecule has 0 radical (unpaired) electrons. The Hall–Kier alpha value is -2.08. The van der Waals surface area contributed by atoms with Gasteiger partial charge in [0.05, 0.1) is 16.3 Å². The highest BCUT2D eigenvalue weighted by Gasteiger charge is 2.06. The molecule has 0 aliphatic carbocycles. The molecular formula is C13H16N4OS. The highest BCUT2D eigenvalue weighted by atomic mass is 32.1. The number of carbonyl (C=O) groups excluding carboxylic acids is 1. The van der Waals surface area contributed by atoms with Crippen molar-refractivity contribution in [3.63, 3.8) is 0 Å². The van der Waals surface area contributed by atoms with E-state index in [-0.39, 0.29) is 0 Å². The van der Waals surface area contributed by atoms with E-state index in [1.165, 1.54) is 0 Å². The van der Waals surface area contributed by atoms with Crippen molar-refractivity contribution in [2.45, 2.75) is 13.3 Å². The van der Waals surface area contributed by atoms with Crippen LogP contribution in [0.3, 0.4) is 0 Å². The minimum absolute atomic E-state index is 0.342. The number of thiazole rings is 1.